The van der Waals surface area contributed by atoms with E-state index in [1.807, 2.05) is 0 Å². The van der Waals surface area contributed by atoms with Gasteiger partial charge < -0.3 is 21.0 Å². The topological polar surface area (TPSA) is 107 Å². The van der Waals surface area contributed by atoms with Crippen LogP contribution in [0.3, 0.4) is 0 Å². The maximum atomic E-state index is 10.4. The molecule has 7 nitrogen and oxygen atoms in total. The molecule has 3 N–H and O–H groups in total. The molecule has 0 fully saturated rings. The fraction of sp³-hybridized carbons (Fsp3) is 0.500. The lowest BCUT2D eigenvalue weighted by molar-refractivity contribution is -0.390. The first-order valence-electron chi connectivity index (χ1n) is 3.80. The smallest absolute Gasteiger partial charge is 0.390 e. The van der Waals surface area contributed by atoms with Crippen molar-refractivity contribution >= 4 is 21.7 Å². The summed E-state index contributed by atoms with van der Waals surface area (Å²) in [6.07, 6.45) is 0.679. The molecule has 0 bridgehead atoms. The minimum absolute atomic E-state index is 0.0886. The number of nitro groups is 1. The summed E-state index contributed by atoms with van der Waals surface area (Å²) in [5, 5.41) is 23.2. The molecule has 0 aliphatic rings. The molecule has 1 rings (SSSR count). The predicted octanol–water partition coefficient (Wildman–Crippen LogP) is -0.127. The van der Waals surface area contributed by atoms with Crippen LogP contribution in [-0.4, -0.2) is 32.5 Å². The van der Waals surface area contributed by atoms with Crippen LogP contribution in [0.2, 0.25) is 0 Å². The van der Waals surface area contributed by atoms with Crippen molar-refractivity contribution in [2.24, 2.45) is 5.73 Å². The normalized spacial score (nSPS) is 12.8. The standard InChI is InChI=1S/C6H9BrN4O3/c7-5-3-10(2-4(12)1-8)9-6(5)11(13)14/h3-4,12H,1-2,8H2. The number of hydrogen-bond donors (Lipinski definition) is 2. The molecule has 0 spiro atoms. The Bertz CT molecular complexity index is 340. The zero-order valence-corrected chi connectivity index (χ0v) is 8.72. The Hall–Kier alpha value is -0.990. The van der Waals surface area contributed by atoms with Crippen molar-refractivity contribution in [1.29, 1.82) is 0 Å². The lowest BCUT2D eigenvalue weighted by atomic mass is 10.4. The van der Waals surface area contributed by atoms with E-state index in [1.165, 1.54) is 10.9 Å². The van der Waals surface area contributed by atoms with Crippen LogP contribution in [0.1, 0.15) is 0 Å². The predicted molar refractivity (Wildman–Crippen MR) is 51.6 cm³/mol. The molecule has 1 unspecified atom stereocenters. The lowest BCUT2D eigenvalue weighted by Crippen LogP contribution is -2.25. The van der Waals surface area contributed by atoms with Crippen LogP contribution in [0.5, 0.6) is 0 Å². The van der Waals surface area contributed by atoms with Gasteiger partial charge in [0.1, 0.15) is 4.47 Å². The largest absolute Gasteiger partial charge is 0.404 e. The Labute approximate surface area is 87.8 Å². The first-order chi connectivity index (χ1) is 6.54. The van der Waals surface area contributed by atoms with E-state index in [0.717, 1.165) is 0 Å². The van der Waals surface area contributed by atoms with Crippen LogP contribution in [-0.2, 0) is 6.54 Å². The van der Waals surface area contributed by atoms with Crippen LogP contribution in [0, 0.1) is 10.1 Å². The van der Waals surface area contributed by atoms with Gasteiger partial charge in [0.05, 0.1) is 23.9 Å². The minimum atomic E-state index is -0.749. The second-order valence-corrected chi connectivity index (χ2v) is 3.52. The van der Waals surface area contributed by atoms with Crippen molar-refractivity contribution in [3.05, 3.63) is 20.8 Å². The molecule has 0 aliphatic carbocycles. The van der Waals surface area contributed by atoms with Gasteiger partial charge in [0, 0.05) is 6.54 Å². The molecule has 0 aliphatic heterocycles. The van der Waals surface area contributed by atoms with E-state index in [-0.39, 0.29) is 23.4 Å². The molecule has 1 atom stereocenters. The summed E-state index contributed by atoms with van der Waals surface area (Å²) < 4.78 is 1.56. The quantitative estimate of drug-likeness (QED) is 0.582. The summed E-state index contributed by atoms with van der Waals surface area (Å²) in [5.41, 5.74) is 5.19. The second kappa shape index (κ2) is 4.49. The summed E-state index contributed by atoms with van der Waals surface area (Å²) in [6.45, 7) is 0.230. The van der Waals surface area contributed by atoms with Crippen LogP contribution in [0.15, 0.2) is 10.7 Å². The molecule has 0 amide bonds. The van der Waals surface area contributed by atoms with Gasteiger partial charge >= 0.3 is 5.82 Å². The number of nitrogens with two attached hydrogens (primary N) is 1. The Morgan fingerprint density at radius 1 is 1.86 bits per heavy atom. The van der Waals surface area contributed by atoms with Gasteiger partial charge in [-0.3, -0.25) is 0 Å². The summed E-state index contributed by atoms with van der Waals surface area (Å²) in [5.74, 6) is -0.269. The highest BCUT2D eigenvalue weighted by molar-refractivity contribution is 9.10. The zero-order chi connectivity index (χ0) is 10.7. The molecule has 14 heavy (non-hydrogen) atoms. The van der Waals surface area contributed by atoms with Crippen molar-refractivity contribution < 1.29 is 10.0 Å². The van der Waals surface area contributed by atoms with Crippen molar-refractivity contribution in [3.63, 3.8) is 0 Å². The molecule has 1 heterocycles. The average molecular weight is 265 g/mol. The Morgan fingerprint density at radius 3 is 2.93 bits per heavy atom. The van der Waals surface area contributed by atoms with Crippen LogP contribution < -0.4 is 5.73 Å². The van der Waals surface area contributed by atoms with Gasteiger partial charge in [-0.15, -0.1) is 0 Å². The first kappa shape index (κ1) is 11.1. The minimum Gasteiger partial charge on any atom is -0.390 e. The summed E-state index contributed by atoms with van der Waals surface area (Å²) >= 11 is 2.99. The van der Waals surface area contributed by atoms with Crippen LogP contribution in [0.25, 0.3) is 0 Å². The van der Waals surface area contributed by atoms with Gasteiger partial charge in [0.25, 0.3) is 0 Å². The Balaban J connectivity index is 2.81. The molecule has 8 heteroatoms. The fourth-order valence-corrected chi connectivity index (χ4v) is 1.36. The Morgan fingerprint density at radius 2 is 2.50 bits per heavy atom. The molecule has 1 aromatic heterocycles. The maximum Gasteiger partial charge on any atom is 0.404 e. The molecule has 0 saturated carbocycles. The van der Waals surface area contributed by atoms with E-state index < -0.39 is 11.0 Å². The molecular formula is C6H9BrN4O3. The highest BCUT2D eigenvalue weighted by atomic mass is 79.9. The van der Waals surface area contributed by atoms with E-state index in [1.54, 1.807) is 0 Å². The summed E-state index contributed by atoms with van der Waals surface area (Å²) in [6, 6.07) is 0. The van der Waals surface area contributed by atoms with Gasteiger partial charge in [-0.25, -0.2) is 0 Å². The SMILES string of the molecule is NCC(O)Cn1cc(Br)c([N+](=O)[O-])n1. The van der Waals surface area contributed by atoms with Gasteiger partial charge in [-0.1, -0.05) is 0 Å². The van der Waals surface area contributed by atoms with Crippen molar-refractivity contribution in [3.8, 4) is 0 Å². The zero-order valence-electron chi connectivity index (χ0n) is 7.13. The maximum absolute atomic E-state index is 10.4. The number of rotatable bonds is 4. The number of nitrogens with zero attached hydrogens (tertiary/aromatic N) is 3. The van der Waals surface area contributed by atoms with E-state index in [0.29, 0.717) is 0 Å². The van der Waals surface area contributed by atoms with Gasteiger partial charge in [-0.05, 0) is 20.9 Å². The molecule has 0 aromatic carbocycles. The second-order valence-electron chi connectivity index (χ2n) is 2.67. The van der Waals surface area contributed by atoms with E-state index in [2.05, 4.69) is 21.0 Å². The molecule has 1 aromatic rings. The van der Waals surface area contributed by atoms with E-state index in [9.17, 15) is 15.2 Å². The third-order valence-corrected chi connectivity index (χ3v) is 2.10. The summed E-state index contributed by atoms with van der Waals surface area (Å²) in [4.78, 5) is 9.80. The third kappa shape index (κ3) is 2.50. The molecular weight excluding hydrogens is 256 g/mol. The van der Waals surface area contributed by atoms with Crippen molar-refractivity contribution in [2.75, 3.05) is 6.54 Å². The monoisotopic (exact) mass is 264 g/mol. The van der Waals surface area contributed by atoms with Crippen LogP contribution >= 0.6 is 15.9 Å². The first-order valence-corrected chi connectivity index (χ1v) is 4.59. The Kier molecular flexibility index (Phi) is 3.55. The van der Waals surface area contributed by atoms with E-state index in [4.69, 9.17) is 5.73 Å². The molecule has 0 radical (unpaired) electrons. The third-order valence-electron chi connectivity index (χ3n) is 1.54. The van der Waals surface area contributed by atoms with Gasteiger partial charge in [0.2, 0.25) is 0 Å². The lowest BCUT2D eigenvalue weighted by Gasteiger charge is -2.03. The number of aromatic nitrogens is 2. The number of aliphatic hydroxyl groups excluding tert-OH is 1. The van der Waals surface area contributed by atoms with Crippen LogP contribution in [0.4, 0.5) is 5.82 Å². The highest BCUT2D eigenvalue weighted by Gasteiger charge is 2.19. The molecule has 0 saturated heterocycles. The molecule has 78 valence electrons. The van der Waals surface area contributed by atoms with Crippen molar-refractivity contribution in [2.45, 2.75) is 12.6 Å². The van der Waals surface area contributed by atoms with E-state index >= 15 is 0 Å². The fourth-order valence-electron chi connectivity index (χ4n) is 0.895. The van der Waals surface area contributed by atoms with Crippen molar-refractivity contribution in [1.82, 2.24) is 9.78 Å². The highest BCUT2D eigenvalue weighted by Crippen LogP contribution is 2.21. The average Bonchev–Trinajstić information content (AvgIpc) is 2.46. The number of halogens is 1. The summed E-state index contributed by atoms with van der Waals surface area (Å²) in [7, 11) is 0. The van der Waals surface area contributed by atoms with Gasteiger partial charge in [0.15, 0.2) is 0 Å². The number of hydrogen-bond acceptors (Lipinski definition) is 5. The van der Waals surface area contributed by atoms with Gasteiger partial charge in [-0.2, -0.15) is 4.68 Å². The number of aliphatic hydroxyl groups is 1.